The maximum atomic E-state index is 12.0. The molecule has 0 saturated heterocycles. The Labute approximate surface area is 148 Å². The number of rotatable bonds is 7. The summed E-state index contributed by atoms with van der Waals surface area (Å²) in [6.45, 7) is -0.352. The lowest BCUT2D eigenvalue weighted by Crippen LogP contribution is -2.20. The molecule has 6 nitrogen and oxygen atoms in total. The van der Waals surface area contributed by atoms with Crippen molar-refractivity contribution in [2.45, 2.75) is 6.61 Å². The summed E-state index contributed by atoms with van der Waals surface area (Å²) in [5.74, 6) is 1.23. The van der Waals surface area contributed by atoms with Gasteiger partial charge in [-0.25, -0.2) is 0 Å². The van der Waals surface area contributed by atoms with E-state index >= 15 is 0 Å². The summed E-state index contributed by atoms with van der Waals surface area (Å²) >= 11 is 3.32. The Balaban J connectivity index is 1.99. The van der Waals surface area contributed by atoms with Crippen LogP contribution in [0.1, 0.15) is 5.56 Å². The van der Waals surface area contributed by atoms with Gasteiger partial charge in [-0.2, -0.15) is 0 Å². The number of ether oxygens (including phenoxy) is 3. The number of anilines is 1. The van der Waals surface area contributed by atoms with E-state index in [-0.39, 0.29) is 19.1 Å². The molecule has 128 valence electrons. The minimum atomic E-state index is -0.325. The normalized spacial score (nSPS) is 10.2. The van der Waals surface area contributed by atoms with E-state index in [2.05, 4.69) is 21.2 Å². The van der Waals surface area contributed by atoms with E-state index in [1.54, 1.807) is 43.5 Å². The van der Waals surface area contributed by atoms with Gasteiger partial charge in [-0.15, -0.1) is 0 Å². The SMILES string of the molecule is COc1ccc(NC(=O)COc2ccc(Br)cc2CO)cc1OC. The summed E-state index contributed by atoms with van der Waals surface area (Å²) in [5.41, 5.74) is 1.17. The first-order chi connectivity index (χ1) is 11.6. The fourth-order valence-electron chi connectivity index (χ4n) is 2.07. The van der Waals surface area contributed by atoms with Gasteiger partial charge in [0.05, 0.1) is 20.8 Å². The zero-order chi connectivity index (χ0) is 17.5. The number of aliphatic hydroxyl groups is 1. The topological polar surface area (TPSA) is 77.0 Å². The third kappa shape index (κ3) is 4.62. The molecule has 2 aromatic rings. The zero-order valence-electron chi connectivity index (χ0n) is 13.3. The minimum absolute atomic E-state index is 0.175. The van der Waals surface area contributed by atoms with Crippen molar-refractivity contribution in [2.75, 3.05) is 26.1 Å². The fourth-order valence-corrected chi connectivity index (χ4v) is 2.48. The lowest BCUT2D eigenvalue weighted by Gasteiger charge is -2.12. The fraction of sp³-hybridized carbons (Fsp3) is 0.235. The molecule has 0 saturated carbocycles. The largest absolute Gasteiger partial charge is 0.493 e. The lowest BCUT2D eigenvalue weighted by molar-refractivity contribution is -0.118. The number of hydrogen-bond donors (Lipinski definition) is 2. The van der Waals surface area contributed by atoms with Crippen molar-refractivity contribution in [3.8, 4) is 17.2 Å². The van der Waals surface area contributed by atoms with E-state index in [9.17, 15) is 9.90 Å². The number of carbonyl (C=O) groups excluding carboxylic acids is 1. The predicted molar refractivity (Wildman–Crippen MR) is 93.7 cm³/mol. The summed E-state index contributed by atoms with van der Waals surface area (Å²) in [7, 11) is 3.07. The molecule has 0 unspecified atom stereocenters. The number of methoxy groups -OCH3 is 2. The van der Waals surface area contributed by atoms with Gasteiger partial charge < -0.3 is 24.6 Å². The quantitative estimate of drug-likeness (QED) is 0.753. The first kappa shape index (κ1) is 18.1. The number of hydrogen-bond acceptors (Lipinski definition) is 5. The highest BCUT2D eigenvalue weighted by atomic mass is 79.9. The molecule has 0 aliphatic rings. The summed E-state index contributed by atoms with van der Waals surface area (Å²) in [6, 6.07) is 10.3. The summed E-state index contributed by atoms with van der Waals surface area (Å²) in [5, 5.41) is 12.0. The number of halogens is 1. The molecule has 24 heavy (non-hydrogen) atoms. The van der Waals surface area contributed by atoms with Crippen molar-refractivity contribution in [1.29, 1.82) is 0 Å². The van der Waals surface area contributed by atoms with Gasteiger partial charge in [0, 0.05) is 21.8 Å². The van der Waals surface area contributed by atoms with Crippen LogP contribution >= 0.6 is 15.9 Å². The van der Waals surface area contributed by atoms with Crippen molar-refractivity contribution < 1.29 is 24.1 Å². The monoisotopic (exact) mass is 395 g/mol. The maximum absolute atomic E-state index is 12.0. The standard InChI is InChI=1S/C17H18BrNO5/c1-22-15-6-4-13(8-16(15)23-2)19-17(21)10-24-14-5-3-12(18)7-11(14)9-20/h3-8,20H,9-10H2,1-2H3,(H,19,21). The molecule has 0 spiro atoms. The molecule has 0 aromatic heterocycles. The summed E-state index contributed by atoms with van der Waals surface area (Å²) in [4.78, 5) is 12.0. The van der Waals surface area contributed by atoms with E-state index in [1.165, 1.54) is 7.11 Å². The number of aliphatic hydroxyl groups excluding tert-OH is 1. The van der Waals surface area contributed by atoms with Crippen LogP contribution in [0.5, 0.6) is 17.2 Å². The van der Waals surface area contributed by atoms with Gasteiger partial charge in [0.1, 0.15) is 5.75 Å². The number of carbonyl (C=O) groups is 1. The molecule has 0 bridgehead atoms. The lowest BCUT2D eigenvalue weighted by atomic mass is 10.2. The highest BCUT2D eigenvalue weighted by Gasteiger charge is 2.10. The summed E-state index contributed by atoms with van der Waals surface area (Å²) < 4.78 is 16.6. The van der Waals surface area contributed by atoms with Crippen molar-refractivity contribution in [3.63, 3.8) is 0 Å². The van der Waals surface area contributed by atoms with E-state index < -0.39 is 0 Å². The Morgan fingerprint density at radius 3 is 2.46 bits per heavy atom. The molecular formula is C17H18BrNO5. The molecule has 0 aliphatic heterocycles. The molecule has 2 aromatic carbocycles. The zero-order valence-corrected chi connectivity index (χ0v) is 14.9. The third-order valence-corrected chi connectivity index (χ3v) is 3.71. The van der Waals surface area contributed by atoms with Crippen molar-refractivity contribution in [2.24, 2.45) is 0 Å². The molecule has 0 heterocycles. The first-order valence-electron chi connectivity index (χ1n) is 7.11. The number of amides is 1. The smallest absolute Gasteiger partial charge is 0.262 e. The van der Waals surface area contributed by atoms with Gasteiger partial charge in [0.15, 0.2) is 18.1 Å². The van der Waals surface area contributed by atoms with E-state index in [1.807, 2.05) is 0 Å². The van der Waals surface area contributed by atoms with Gasteiger partial charge in [-0.05, 0) is 30.3 Å². The molecule has 0 fully saturated rings. The van der Waals surface area contributed by atoms with E-state index in [4.69, 9.17) is 14.2 Å². The molecule has 1 amide bonds. The Morgan fingerprint density at radius 1 is 1.08 bits per heavy atom. The minimum Gasteiger partial charge on any atom is -0.493 e. The van der Waals surface area contributed by atoms with Crippen LogP contribution in [0.3, 0.4) is 0 Å². The molecule has 2 rings (SSSR count). The summed E-state index contributed by atoms with van der Waals surface area (Å²) in [6.07, 6.45) is 0. The Morgan fingerprint density at radius 2 is 1.79 bits per heavy atom. The Kier molecular flexibility index (Phi) is 6.45. The van der Waals surface area contributed by atoms with Crippen LogP contribution in [-0.2, 0) is 11.4 Å². The average Bonchev–Trinajstić information content (AvgIpc) is 2.60. The van der Waals surface area contributed by atoms with Crippen LogP contribution in [0.25, 0.3) is 0 Å². The van der Waals surface area contributed by atoms with Gasteiger partial charge >= 0.3 is 0 Å². The second kappa shape index (κ2) is 8.56. The Bertz CT molecular complexity index is 720. The van der Waals surface area contributed by atoms with Gasteiger partial charge in [0.25, 0.3) is 5.91 Å². The van der Waals surface area contributed by atoms with Gasteiger partial charge in [-0.3, -0.25) is 4.79 Å². The highest BCUT2D eigenvalue weighted by molar-refractivity contribution is 9.10. The number of nitrogens with one attached hydrogen (secondary N) is 1. The van der Waals surface area contributed by atoms with Crippen LogP contribution < -0.4 is 19.5 Å². The highest BCUT2D eigenvalue weighted by Crippen LogP contribution is 2.29. The number of benzene rings is 2. The van der Waals surface area contributed by atoms with Crippen LogP contribution in [0, 0.1) is 0 Å². The molecule has 0 aliphatic carbocycles. The third-order valence-electron chi connectivity index (χ3n) is 3.22. The van der Waals surface area contributed by atoms with Crippen molar-refractivity contribution in [3.05, 3.63) is 46.4 Å². The van der Waals surface area contributed by atoms with Crippen molar-refractivity contribution in [1.82, 2.24) is 0 Å². The predicted octanol–water partition coefficient (Wildman–Crippen LogP) is 2.98. The second-order valence-electron chi connectivity index (χ2n) is 4.82. The van der Waals surface area contributed by atoms with Crippen LogP contribution in [0.4, 0.5) is 5.69 Å². The maximum Gasteiger partial charge on any atom is 0.262 e. The van der Waals surface area contributed by atoms with Gasteiger partial charge in [0.2, 0.25) is 0 Å². The molecule has 0 atom stereocenters. The molecule has 0 radical (unpaired) electrons. The van der Waals surface area contributed by atoms with E-state index in [0.29, 0.717) is 28.5 Å². The molecule has 2 N–H and O–H groups in total. The second-order valence-corrected chi connectivity index (χ2v) is 5.73. The van der Waals surface area contributed by atoms with Crippen molar-refractivity contribution >= 4 is 27.5 Å². The van der Waals surface area contributed by atoms with Crippen LogP contribution in [0.2, 0.25) is 0 Å². The Hall–Kier alpha value is -2.25. The first-order valence-corrected chi connectivity index (χ1v) is 7.90. The van der Waals surface area contributed by atoms with Crippen LogP contribution in [-0.4, -0.2) is 31.8 Å². The average molecular weight is 396 g/mol. The van der Waals surface area contributed by atoms with E-state index in [0.717, 1.165) is 4.47 Å². The molecular weight excluding hydrogens is 378 g/mol. The van der Waals surface area contributed by atoms with Crippen LogP contribution in [0.15, 0.2) is 40.9 Å². The van der Waals surface area contributed by atoms with Gasteiger partial charge in [-0.1, -0.05) is 15.9 Å². The molecule has 7 heteroatoms.